The molecule has 0 radical (unpaired) electrons. The third-order valence-corrected chi connectivity index (χ3v) is 3.11. The van der Waals surface area contributed by atoms with E-state index in [9.17, 15) is 4.79 Å². The van der Waals surface area contributed by atoms with Gasteiger partial charge in [-0.1, -0.05) is 0 Å². The molecule has 2 heterocycles. The topological polar surface area (TPSA) is 64.7 Å². The first kappa shape index (κ1) is 13.8. The molecule has 1 N–H and O–H groups in total. The number of halogens is 1. The number of carbonyl (C=O) groups is 1. The van der Waals surface area contributed by atoms with Crippen LogP contribution < -0.4 is 5.32 Å². The van der Waals surface area contributed by atoms with Crippen molar-refractivity contribution in [1.29, 1.82) is 0 Å². The van der Waals surface area contributed by atoms with E-state index in [1.54, 1.807) is 23.3 Å². The van der Waals surface area contributed by atoms with Crippen LogP contribution >= 0.6 is 15.9 Å². The lowest BCUT2D eigenvalue weighted by atomic mass is 10.4. The zero-order valence-electron chi connectivity index (χ0n) is 10.7. The standard InChI is InChI=1S/C12H16BrN5O/c1-10-3-5-15-18(10)6-2-4-14-12(19)9-17-8-11(13)7-16-17/h3,5,7-8H,2,4,6,9H2,1H3,(H,14,19). The van der Waals surface area contributed by atoms with Crippen LogP contribution in [0, 0.1) is 6.92 Å². The summed E-state index contributed by atoms with van der Waals surface area (Å²) in [6.45, 7) is 3.71. The van der Waals surface area contributed by atoms with Crippen LogP contribution in [0.3, 0.4) is 0 Å². The van der Waals surface area contributed by atoms with Crippen molar-refractivity contribution in [3.63, 3.8) is 0 Å². The highest BCUT2D eigenvalue weighted by Crippen LogP contribution is 2.05. The average Bonchev–Trinajstić information content (AvgIpc) is 2.94. The van der Waals surface area contributed by atoms with Gasteiger partial charge in [0.25, 0.3) is 0 Å². The number of aromatic nitrogens is 4. The molecule has 2 aromatic heterocycles. The van der Waals surface area contributed by atoms with Crippen LogP contribution in [-0.2, 0) is 17.9 Å². The van der Waals surface area contributed by atoms with Crippen LogP contribution in [0.25, 0.3) is 0 Å². The van der Waals surface area contributed by atoms with Gasteiger partial charge in [0.2, 0.25) is 5.91 Å². The summed E-state index contributed by atoms with van der Waals surface area (Å²) >= 11 is 3.29. The molecule has 6 nitrogen and oxygen atoms in total. The molecule has 0 aromatic carbocycles. The quantitative estimate of drug-likeness (QED) is 0.815. The summed E-state index contributed by atoms with van der Waals surface area (Å²) in [5.41, 5.74) is 1.13. The molecule has 2 aromatic rings. The maximum absolute atomic E-state index is 11.6. The van der Waals surface area contributed by atoms with Gasteiger partial charge in [0.15, 0.2) is 0 Å². The molecule has 0 bridgehead atoms. The van der Waals surface area contributed by atoms with Gasteiger partial charge in [-0.05, 0) is 35.3 Å². The predicted molar refractivity (Wildman–Crippen MR) is 74.5 cm³/mol. The highest BCUT2D eigenvalue weighted by molar-refractivity contribution is 9.10. The fraction of sp³-hybridized carbons (Fsp3) is 0.417. The molecule has 0 fully saturated rings. The summed E-state index contributed by atoms with van der Waals surface area (Å²) in [6, 6.07) is 1.97. The molecule has 0 aliphatic carbocycles. The monoisotopic (exact) mass is 325 g/mol. The fourth-order valence-corrected chi connectivity index (χ4v) is 2.05. The van der Waals surface area contributed by atoms with Crippen molar-refractivity contribution in [3.8, 4) is 0 Å². The van der Waals surface area contributed by atoms with Gasteiger partial charge < -0.3 is 5.32 Å². The number of nitrogens with one attached hydrogen (secondary N) is 1. The highest BCUT2D eigenvalue weighted by atomic mass is 79.9. The second-order valence-corrected chi connectivity index (χ2v) is 5.17. The molecule has 0 saturated carbocycles. The third-order valence-electron chi connectivity index (χ3n) is 2.71. The molecule has 1 amide bonds. The molecule has 0 unspecified atom stereocenters. The number of hydrogen-bond acceptors (Lipinski definition) is 3. The Morgan fingerprint density at radius 2 is 2.32 bits per heavy atom. The summed E-state index contributed by atoms with van der Waals surface area (Å²) < 4.78 is 4.39. The first-order valence-electron chi connectivity index (χ1n) is 6.08. The molecule has 2 rings (SSSR count). The van der Waals surface area contributed by atoms with Crippen LogP contribution in [-0.4, -0.2) is 32.0 Å². The van der Waals surface area contributed by atoms with Crippen molar-refractivity contribution >= 4 is 21.8 Å². The lowest BCUT2D eigenvalue weighted by molar-refractivity contribution is -0.121. The highest BCUT2D eigenvalue weighted by Gasteiger charge is 2.03. The van der Waals surface area contributed by atoms with E-state index >= 15 is 0 Å². The van der Waals surface area contributed by atoms with Crippen LogP contribution in [0.5, 0.6) is 0 Å². The van der Waals surface area contributed by atoms with E-state index in [0.29, 0.717) is 6.54 Å². The Labute approximate surface area is 119 Å². The molecule has 19 heavy (non-hydrogen) atoms. The van der Waals surface area contributed by atoms with Gasteiger partial charge in [-0.2, -0.15) is 10.2 Å². The molecule has 0 atom stereocenters. The Balaban J connectivity index is 1.65. The average molecular weight is 326 g/mol. The number of hydrogen-bond donors (Lipinski definition) is 1. The lowest BCUT2D eigenvalue weighted by Crippen LogP contribution is -2.29. The SMILES string of the molecule is Cc1ccnn1CCCNC(=O)Cn1cc(Br)cn1. The van der Waals surface area contributed by atoms with E-state index in [1.165, 1.54) is 0 Å². The maximum Gasteiger partial charge on any atom is 0.241 e. The number of carbonyl (C=O) groups excluding carboxylic acids is 1. The molecular weight excluding hydrogens is 310 g/mol. The summed E-state index contributed by atoms with van der Waals surface area (Å²) in [6.07, 6.45) is 6.07. The first-order valence-corrected chi connectivity index (χ1v) is 6.87. The van der Waals surface area contributed by atoms with Crippen LogP contribution in [0.15, 0.2) is 29.1 Å². The Morgan fingerprint density at radius 1 is 1.47 bits per heavy atom. The minimum Gasteiger partial charge on any atom is -0.354 e. The van der Waals surface area contributed by atoms with Gasteiger partial charge in [-0.25, -0.2) is 0 Å². The smallest absolute Gasteiger partial charge is 0.241 e. The van der Waals surface area contributed by atoms with Crippen molar-refractivity contribution in [2.45, 2.75) is 26.4 Å². The van der Waals surface area contributed by atoms with Crippen LogP contribution in [0.2, 0.25) is 0 Å². The second-order valence-electron chi connectivity index (χ2n) is 4.26. The van der Waals surface area contributed by atoms with E-state index in [2.05, 4.69) is 31.4 Å². The van der Waals surface area contributed by atoms with Crippen molar-refractivity contribution in [2.24, 2.45) is 0 Å². The van der Waals surface area contributed by atoms with E-state index in [0.717, 1.165) is 23.1 Å². The fourth-order valence-electron chi connectivity index (χ4n) is 1.72. The Kier molecular flexibility index (Phi) is 4.73. The summed E-state index contributed by atoms with van der Waals surface area (Å²) in [5.74, 6) is -0.0345. The molecular formula is C12H16BrN5O. The number of aryl methyl sites for hydroxylation is 2. The minimum absolute atomic E-state index is 0.0345. The van der Waals surface area contributed by atoms with Gasteiger partial charge in [0, 0.05) is 31.2 Å². The third kappa shape index (κ3) is 4.20. The molecule has 0 saturated heterocycles. The van der Waals surface area contributed by atoms with Gasteiger partial charge in [0.05, 0.1) is 10.7 Å². The van der Waals surface area contributed by atoms with Gasteiger partial charge in [-0.3, -0.25) is 14.2 Å². The Morgan fingerprint density at radius 3 is 2.95 bits per heavy atom. The largest absolute Gasteiger partial charge is 0.354 e. The lowest BCUT2D eigenvalue weighted by Gasteiger charge is -2.06. The normalized spacial score (nSPS) is 10.6. The van der Waals surface area contributed by atoms with E-state index in [4.69, 9.17) is 0 Å². The van der Waals surface area contributed by atoms with E-state index < -0.39 is 0 Å². The van der Waals surface area contributed by atoms with E-state index in [1.807, 2.05) is 17.7 Å². The zero-order chi connectivity index (χ0) is 13.7. The number of nitrogens with zero attached hydrogens (tertiary/aromatic N) is 4. The summed E-state index contributed by atoms with van der Waals surface area (Å²) in [5, 5.41) is 11.1. The van der Waals surface area contributed by atoms with Crippen molar-refractivity contribution in [2.75, 3.05) is 6.54 Å². The van der Waals surface area contributed by atoms with Crippen molar-refractivity contribution in [3.05, 3.63) is 34.8 Å². The summed E-state index contributed by atoms with van der Waals surface area (Å²) in [7, 11) is 0. The van der Waals surface area contributed by atoms with Crippen molar-refractivity contribution in [1.82, 2.24) is 24.9 Å². The second kappa shape index (κ2) is 6.51. The van der Waals surface area contributed by atoms with Gasteiger partial charge in [-0.15, -0.1) is 0 Å². The number of rotatable bonds is 6. The molecule has 0 aliphatic rings. The van der Waals surface area contributed by atoms with Gasteiger partial charge >= 0.3 is 0 Å². The van der Waals surface area contributed by atoms with Crippen molar-refractivity contribution < 1.29 is 4.79 Å². The molecule has 0 spiro atoms. The maximum atomic E-state index is 11.6. The first-order chi connectivity index (χ1) is 9.15. The Hall–Kier alpha value is -1.63. The van der Waals surface area contributed by atoms with Gasteiger partial charge in [0.1, 0.15) is 6.54 Å². The minimum atomic E-state index is -0.0345. The van der Waals surface area contributed by atoms with Crippen LogP contribution in [0.1, 0.15) is 12.1 Å². The predicted octanol–water partition coefficient (Wildman–Crippen LogP) is 1.36. The summed E-state index contributed by atoms with van der Waals surface area (Å²) in [4.78, 5) is 11.6. The molecule has 7 heteroatoms. The number of amides is 1. The Bertz CT molecular complexity index is 548. The molecule has 102 valence electrons. The molecule has 0 aliphatic heterocycles. The van der Waals surface area contributed by atoms with E-state index in [-0.39, 0.29) is 12.5 Å². The zero-order valence-corrected chi connectivity index (χ0v) is 12.3. The van der Waals surface area contributed by atoms with Crippen LogP contribution in [0.4, 0.5) is 0 Å².